The Morgan fingerprint density at radius 3 is 2.33 bits per heavy atom. The maximum absolute atomic E-state index is 13.4. The first kappa shape index (κ1) is 27.6. The second-order valence-corrected chi connectivity index (χ2v) is 10.9. The van der Waals surface area contributed by atoms with E-state index in [1.165, 1.54) is 54.8 Å². The number of allylic oxidation sites excluding steroid dienone is 2. The van der Waals surface area contributed by atoms with Crippen molar-refractivity contribution in [1.82, 2.24) is 5.32 Å². The molecule has 3 aromatic rings. The number of benzene rings is 2. The molecule has 1 atom stereocenters. The number of sulfonamides is 1. The smallest absolute Gasteiger partial charge is 0.254 e. The van der Waals surface area contributed by atoms with Crippen LogP contribution in [0, 0.1) is 17.1 Å². The Labute approximate surface area is 227 Å². The molecule has 0 radical (unpaired) electrons. The summed E-state index contributed by atoms with van der Waals surface area (Å²) < 4.78 is 41.7. The number of nitrogens with two attached hydrogens (primary N) is 1. The zero-order chi connectivity index (χ0) is 28.2. The van der Waals surface area contributed by atoms with Crippen LogP contribution in [0.4, 0.5) is 15.8 Å². The van der Waals surface area contributed by atoms with Crippen molar-refractivity contribution in [3.05, 3.63) is 100 Å². The number of amides is 2. The highest BCUT2D eigenvalue weighted by Crippen LogP contribution is 2.41. The van der Waals surface area contributed by atoms with E-state index in [2.05, 4.69) is 22.0 Å². The molecular formula is C26H22FN5O5S2. The maximum atomic E-state index is 13.4. The number of primary sulfonamides is 1. The van der Waals surface area contributed by atoms with Gasteiger partial charge in [-0.3, -0.25) is 9.59 Å². The van der Waals surface area contributed by atoms with Gasteiger partial charge in [-0.25, -0.2) is 17.9 Å². The molecule has 2 aromatic carbocycles. The molecule has 1 aromatic heterocycles. The van der Waals surface area contributed by atoms with E-state index in [0.29, 0.717) is 27.9 Å². The zero-order valence-electron chi connectivity index (χ0n) is 20.4. The lowest BCUT2D eigenvalue weighted by Gasteiger charge is -2.28. The summed E-state index contributed by atoms with van der Waals surface area (Å²) in [5.41, 5.74) is 1.54. The topological polar surface area (TPSA) is 167 Å². The summed E-state index contributed by atoms with van der Waals surface area (Å²) in [6, 6.07) is 16.0. The normalized spacial score (nSPS) is 15.4. The molecule has 0 aliphatic carbocycles. The average Bonchev–Trinajstić information content (AvgIpc) is 3.43. The number of hydrogen-bond donors (Lipinski definition) is 4. The van der Waals surface area contributed by atoms with Crippen LogP contribution in [0.5, 0.6) is 0 Å². The van der Waals surface area contributed by atoms with E-state index in [1.807, 2.05) is 0 Å². The predicted octanol–water partition coefficient (Wildman–Crippen LogP) is 3.77. The number of furan rings is 1. The fourth-order valence-electron chi connectivity index (χ4n) is 3.86. The molecule has 1 aliphatic rings. The van der Waals surface area contributed by atoms with E-state index in [1.54, 1.807) is 19.1 Å². The monoisotopic (exact) mass is 567 g/mol. The van der Waals surface area contributed by atoms with Gasteiger partial charge in [0.05, 0.1) is 45.1 Å². The third-order valence-electron chi connectivity index (χ3n) is 5.64. The standard InChI is InChI=1S/C26H22FN5O5S2/c1-15-23(25(34)32-18-8-10-19(11-9-18)39(29,35)36)24(21-3-2-12-37-21)20(13-28)26(30-15)38-14-22(33)31-17-6-4-16(27)5-7-17/h2-12,24,30H,14H2,1H3,(H,31,33)(H,32,34)(H2,29,35,36). The Morgan fingerprint density at radius 2 is 1.74 bits per heavy atom. The van der Waals surface area contributed by atoms with Crippen LogP contribution in [0.2, 0.25) is 0 Å². The summed E-state index contributed by atoms with van der Waals surface area (Å²) in [7, 11) is -3.90. The first-order chi connectivity index (χ1) is 18.6. The van der Waals surface area contributed by atoms with Crippen LogP contribution in [-0.2, 0) is 19.6 Å². The number of nitriles is 1. The number of thioether (sulfide) groups is 1. The average molecular weight is 568 g/mol. The fourth-order valence-corrected chi connectivity index (χ4v) is 5.27. The molecule has 0 spiro atoms. The van der Waals surface area contributed by atoms with Crippen molar-refractivity contribution in [2.45, 2.75) is 17.7 Å². The highest BCUT2D eigenvalue weighted by Gasteiger charge is 2.36. The van der Waals surface area contributed by atoms with Gasteiger partial charge in [-0.05, 0) is 67.6 Å². The molecule has 10 nitrogen and oxygen atoms in total. The van der Waals surface area contributed by atoms with Crippen LogP contribution in [-0.4, -0.2) is 26.0 Å². The number of rotatable bonds is 8. The highest BCUT2D eigenvalue weighted by molar-refractivity contribution is 8.03. The van der Waals surface area contributed by atoms with Gasteiger partial charge in [0.25, 0.3) is 5.91 Å². The van der Waals surface area contributed by atoms with E-state index < -0.39 is 27.7 Å². The number of carbonyl (C=O) groups excluding carboxylic acids is 2. The minimum Gasteiger partial charge on any atom is -0.468 e. The first-order valence-corrected chi connectivity index (χ1v) is 13.9. The molecule has 2 heterocycles. The van der Waals surface area contributed by atoms with Gasteiger partial charge in [0.1, 0.15) is 11.6 Å². The molecule has 39 heavy (non-hydrogen) atoms. The summed E-state index contributed by atoms with van der Waals surface area (Å²) in [4.78, 5) is 25.8. The number of hydrogen-bond acceptors (Lipinski definition) is 8. The number of anilines is 2. The van der Waals surface area contributed by atoms with Gasteiger partial charge < -0.3 is 20.4 Å². The van der Waals surface area contributed by atoms with Crippen molar-refractivity contribution >= 4 is 45.0 Å². The van der Waals surface area contributed by atoms with E-state index in [0.717, 1.165) is 11.8 Å². The Balaban J connectivity index is 1.57. The molecule has 0 bridgehead atoms. The third-order valence-corrected chi connectivity index (χ3v) is 7.58. The van der Waals surface area contributed by atoms with Gasteiger partial charge in [-0.1, -0.05) is 11.8 Å². The number of nitrogens with one attached hydrogen (secondary N) is 3. The maximum Gasteiger partial charge on any atom is 0.254 e. The summed E-state index contributed by atoms with van der Waals surface area (Å²) in [5, 5.41) is 24.0. The molecule has 0 saturated heterocycles. The van der Waals surface area contributed by atoms with E-state index in [9.17, 15) is 27.7 Å². The molecular weight excluding hydrogens is 545 g/mol. The lowest BCUT2D eigenvalue weighted by molar-refractivity contribution is -0.114. The number of carbonyl (C=O) groups is 2. The van der Waals surface area contributed by atoms with E-state index >= 15 is 0 Å². The van der Waals surface area contributed by atoms with Crippen LogP contribution in [0.25, 0.3) is 0 Å². The van der Waals surface area contributed by atoms with Crippen LogP contribution in [0.3, 0.4) is 0 Å². The fraction of sp³-hybridized carbons (Fsp3) is 0.115. The number of halogens is 1. The van der Waals surface area contributed by atoms with E-state index in [-0.39, 0.29) is 27.7 Å². The van der Waals surface area contributed by atoms with Crippen molar-refractivity contribution in [2.24, 2.45) is 5.14 Å². The van der Waals surface area contributed by atoms with Gasteiger partial charge in [0.2, 0.25) is 15.9 Å². The summed E-state index contributed by atoms with van der Waals surface area (Å²) >= 11 is 1.07. The molecule has 5 N–H and O–H groups in total. The van der Waals surface area contributed by atoms with Crippen LogP contribution in [0.15, 0.2) is 98.1 Å². The van der Waals surface area contributed by atoms with E-state index in [4.69, 9.17) is 9.56 Å². The molecule has 13 heteroatoms. The van der Waals surface area contributed by atoms with Crippen molar-refractivity contribution in [1.29, 1.82) is 5.26 Å². The lowest BCUT2D eigenvalue weighted by Crippen LogP contribution is -2.31. The number of nitrogens with zero attached hydrogens (tertiary/aromatic N) is 1. The molecule has 1 unspecified atom stereocenters. The van der Waals surface area contributed by atoms with Gasteiger partial charge in [0, 0.05) is 17.1 Å². The summed E-state index contributed by atoms with van der Waals surface area (Å²) in [6.07, 6.45) is 1.42. The SMILES string of the molecule is CC1=C(C(=O)Nc2ccc(S(N)(=O)=O)cc2)C(c2ccco2)C(C#N)=C(SCC(=O)Nc2ccc(F)cc2)N1. The Kier molecular flexibility index (Phi) is 8.20. The quantitative estimate of drug-likeness (QED) is 0.319. The van der Waals surface area contributed by atoms with Crippen molar-refractivity contribution in [2.75, 3.05) is 16.4 Å². The van der Waals surface area contributed by atoms with Gasteiger partial charge in [-0.2, -0.15) is 5.26 Å². The Bertz CT molecular complexity index is 1610. The third kappa shape index (κ3) is 6.55. The largest absolute Gasteiger partial charge is 0.468 e. The molecule has 4 rings (SSSR count). The van der Waals surface area contributed by atoms with Crippen molar-refractivity contribution < 1.29 is 26.8 Å². The second-order valence-electron chi connectivity index (χ2n) is 8.33. The summed E-state index contributed by atoms with van der Waals surface area (Å²) in [6.45, 7) is 1.66. The molecule has 200 valence electrons. The Hall–Kier alpha value is -4.38. The molecule has 0 saturated carbocycles. The van der Waals surface area contributed by atoms with Crippen LogP contribution < -0.4 is 21.1 Å². The van der Waals surface area contributed by atoms with Crippen molar-refractivity contribution in [3.8, 4) is 6.07 Å². The van der Waals surface area contributed by atoms with Gasteiger partial charge in [-0.15, -0.1) is 0 Å². The van der Waals surface area contributed by atoms with Crippen molar-refractivity contribution in [3.63, 3.8) is 0 Å². The van der Waals surface area contributed by atoms with Crippen LogP contribution in [0.1, 0.15) is 18.6 Å². The minimum absolute atomic E-state index is 0.0685. The second kappa shape index (κ2) is 11.6. The lowest BCUT2D eigenvalue weighted by atomic mass is 9.85. The zero-order valence-corrected chi connectivity index (χ0v) is 22.0. The van der Waals surface area contributed by atoms with Gasteiger partial charge >= 0.3 is 0 Å². The number of dihydropyridines is 1. The highest BCUT2D eigenvalue weighted by atomic mass is 32.2. The summed E-state index contributed by atoms with van der Waals surface area (Å²) in [5.74, 6) is -1.95. The van der Waals surface area contributed by atoms with Gasteiger partial charge in [0.15, 0.2) is 0 Å². The molecule has 0 fully saturated rings. The molecule has 1 aliphatic heterocycles. The first-order valence-electron chi connectivity index (χ1n) is 11.3. The minimum atomic E-state index is -3.90. The molecule has 2 amide bonds. The Morgan fingerprint density at radius 1 is 1.10 bits per heavy atom. The predicted molar refractivity (Wildman–Crippen MR) is 144 cm³/mol. The van der Waals surface area contributed by atoms with Crippen LogP contribution >= 0.6 is 11.8 Å².